The lowest BCUT2D eigenvalue weighted by Gasteiger charge is -2.32. The zero-order valence-corrected chi connectivity index (χ0v) is 15.4. The molecule has 5 atom stereocenters. The number of hydrogen-bond donors (Lipinski definition) is 2. The van der Waals surface area contributed by atoms with E-state index in [1.807, 2.05) is 6.07 Å². The molecule has 3 aliphatic carbocycles. The molecular weight excluding hydrogens is 361 g/mol. The fraction of sp³-hybridized carbons (Fsp3) is 0.444. The number of nitrogens with zero attached hydrogens (tertiary/aromatic N) is 1. The molecule has 0 spiro atoms. The number of benzene rings is 1. The molecule has 0 saturated heterocycles. The average molecular weight is 380 g/mol. The van der Waals surface area contributed by atoms with Crippen molar-refractivity contribution in [2.45, 2.75) is 25.3 Å². The van der Waals surface area contributed by atoms with Gasteiger partial charge in [-0.1, -0.05) is 41.4 Å². The van der Waals surface area contributed by atoms with Gasteiger partial charge in [-0.05, 0) is 72.8 Å². The van der Waals surface area contributed by atoms with Crippen molar-refractivity contribution in [2.75, 3.05) is 0 Å². The fourth-order valence-electron chi connectivity index (χ4n) is 4.67. The van der Waals surface area contributed by atoms with E-state index in [0.717, 1.165) is 29.2 Å². The third-order valence-electron chi connectivity index (χ3n) is 5.65. The summed E-state index contributed by atoms with van der Waals surface area (Å²) in [6.45, 7) is 0. The summed E-state index contributed by atoms with van der Waals surface area (Å²) in [4.78, 5) is 0. The van der Waals surface area contributed by atoms with Gasteiger partial charge in [-0.15, -0.1) is 0 Å². The van der Waals surface area contributed by atoms with E-state index in [-0.39, 0.29) is 0 Å². The molecule has 0 unspecified atom stereocenters. The highest BCUT2D eigenvalue weighted by Gasteiger charge is 2.52. The van der Waals surface area contributed by atoms with E-state index < -0.39 is 0 Å². The maximum Gasteiger partial charge on any atom is 0.187 e. The number of hydrazone groups is 1. The van der Waals surface area contributed by atoms with Crippen LogP contribution >= 0.6 is 35.4 Å². The van der Waals surface area contributed by atoms with Crippen molar-refractivity contribution in [3.05, 3.63) is 46.0 Å². The summed E-state index contributed by atoms with van der Waals surface area (Å²) in [5.41, 5.74) is 3.78. The van der Waals surface area contributed by atoms with Gasteiger partial charge in [-0.3, -0.25) is 5.43 Å². The Balaban J connectivity index is 1.30. The maximum atomic E-state index is 5.99. The molecule has 24 heavy (non-hydrogen) atoms. The first-order valence-corrected chi connectivity index (χ1v) is 9.49. The average Bonchev–Trinajstić information content (AvgIpc) is 3.23. The van der Waals surface area contributed by atoms with Crippen molar-refractivity contribution in [3.8, 4) is 0 Å². The minimum Gasteiger partial charge on any atom is -0.358 e. The van der Waals surface area contributed by atoms with Crippen molar-refractivity contribution < 1.29 is 0 Å². The Hall–Kier alpha value is -1.10. The lowest BCUT2D eigenvalue weighted by molar-refractivity contribution is 0.246. The van der Waals surface area contributed by atoms with Gasteiger partial charge in [0.15, 0.2) is 5.11 Å². The molecule has 0 heterocycles. The van der Waals surface area contributed by atoms with Crippen LogP contribution in [-0.4, -0.2) is 17.4 Å². The molecule has 3 aliphatic rings. The van der Waals surface area contributed by atoms with Crippen LogP contribution < -0.4 is 10.7 Å². The molecule has 4 rings (SSSR count). The van der Waals surface area contributed by atoms with Crippen molar-refractivity contribution in [2.24, 2.45) is 28.8 Å². The quantitative estimate of drug-likeness (QED) is 0.353. The summed E-state index contributed by atoms with van der Waals surface area (Å²) in [5, 5.41) is 9.28. The van der Waals surface area contributed by atoms with E-state index >= 15 is 0 Å². The Bertz CT molecular complexity index is 718. The molecule has 2 fully saturated rings. The number of allylic oxidation sites excluding steroid dienone is 2. The zero-order chi connectivity index (χ0) is 16.7. The number of nitrogens with one attached hydrogen (secondary N) is 2. The monoisotopic (exact) mass is 379 g/mol. The summed E-state index contributed by atoms with van der Waals surface area (Å²) in [5.74, 6) is 3.22. The van der Waals surface area contributed by atoms with Crippen molar-refractivity contribution in [1.29, 1.82) is 0 Å². The molecule has 126 valence electrons. The highest BCUT2D eigenvalue weighted by molar-refractivity contribution is 7.80. The van der Waals surface area contributed by atoms with E-state index in [1.54, 1.807) is 18.3 Å². The van der Waals surface area contributed by atoms with Gasteiger partial charge in [0.2, 0.25) is 0 Å². The molecule has 2 N–H and O–H groups in total. The van der Waals surface area contributed by atoms with Crippen LogP contribution in [0.2, 0.25) is 10.0 Å². The lowest BCUT2D eigenvalue weighted by atomic mass is 9.79. The molecule has 2 saturated carbocycles. The normalized spacial score (nSPS) is 33.2. The first kappa shape index (κ1) is 16.4. The Morgan fingerprint density at radius 1 is 1.21 bits per heavy atom. The minimum absolute atomic E-state index is 0.471. The van der Waals surface area contributed by atoms with E-state index in [2.05, 4.69) is 28.0 Å². The molecule has 3 nitrogen and oxygen atoms in total. The standard InChI is InChI=1S/C18H19Cl2N3S/c19-15-5-4-10(6-16(15)20)9-21-23-18(24)22-17-8-11-7-14(17)13-3-1-2-12(11)13/h1,3-6,9,11-14,17H,2,7-8H2,(H2,22,23,24)/b21-9-/t11-,12+,13+,14+,17-/m1/s1. The van der Waals surface area contributed by atoms with Crippen LogP contribution in [0.3, 0.4) is 0 Å². The molecule has 0 aromatic heterocycles. The number of hydrogen-bond acceptors (Lipinski definition) is 2. The van der Waals surface area contributed by atoms with E-state index in [4.69, 9.17) is 35.4 Å². The smallest absolute Gasteiger partial charge is 0.187 e. The van der Waals surface area contributed by atoms with E-state index in [1.165, 1.54) is 19.3 Å². The predicted molar refractivity (Wildman–Crippen MR) is 104 cm³/mol. The van der Waals surface area contributed by atoms with Crippen LogP contribution in [-0.2, 0) is 0 Å². The van der Waals surface area contributed by atoms with Gasteiger partial charge in [-0.25, -0.2) is 0 Å². The maximum absolute atomic E-state index is 5.99. The summed E-state index contributed by atoms with van der Waals surface area (Å²) in [6.07, 6.45) is 10.3. The van der Waals surface area contributed by atoms with Gasteiger partial charge in [0.1, 0.15) is 0 Å². The SMILES string of the molecule is S=C(N/N=C\c1ccc(Cl)c(Cl)c1)N[C@@H]1C[C@H]2C[C@H]1[C@H]1C=CC[C@@H]21. The second-order valence-electron chi connectivity index (χ2n) is 6.92. The lowest BCUT2D eigenvalue weighted by Crippen LogP contribution is -2.45. The van der Waals surface area contributed by atoms with Crippen molar-refractivity contribution >= 4 is 46.7 Å². The van der Waals surface area contributed by atoms with E-state index in [9.17, 15) is 0 Å². The number of fused-ring (bicyclic) bond motifs is 5. The minimum atomic E-state index is 0.471. The van der Waals surface area contributed by atoms with Crippen molar-refractivity contribution in [3.63, 3.8) is 0 Å². The molecule has 1 aromatic carbocycles. The number of rotatable bonds is 3. The highest BCUT2D eigenvalue weighted by atomic mass is 35.5. The van der Waals surface area contributed by atoms with Gasteiger partial charge in [0.05, 0.1) is 16.3 Å². The Kier molecular flexibility index (Phi) is 4.54. The van der Waals surface area contributed by atoms with Crippen molar-refractivity contribution in [1.82, 2.24) is 10.7 Å². The first-order valence-electron chi connectivity index (χ1n) is 8.33. The molecule has 0 aliphatic heterocycles. The summed E-state index contributed by atoms with van der Waals surface area (Å²) < 4.78 is 0. The van der Waals surface area contributed by atoms with Gasteiger partial charge in [0, 0.05) is 6.04 Å². The zero-order valence-electron chi connectivity index (χ0n) is 13.1. The van der Waals surface area contributed by atoms with Crippen LogP contribution in [0.4, 0.5) is 0 Å². The predicted octanol–water partition coefficient (Wildman–Crippen LogP) is 4.39. The molecule has 1 aromatic rings. The number of thiocarbonyl (C=S) groups is 1. The second kappa shape index (κ2) is 6.66. The third-order valence-corrected chi connectivity index (χ3v) is 6.60. The van der Waals surface area contributed by atoms with Crippen LogP contribution in [0.15, 0.2) is 35.5 Å². The highest BCUT2D eigenvalue weighted by Crippen LogP contribution is 2.56. The van der Waals surface area contributed by atoms with Crippen LogP contribution in [0, 0.1) is 23.7 Å². The Morgan fingerprint density at radius 2 is 2.08 bits per heavy atom. The molecular formula is C18H19Cl2N3S. The van der Waals surface area contributed by atoms with E-state index in [0.29, 0.717) is 21.2 Å². The summed E-state index contributed by atoms with van der Waals surface area (Å²) in [7, 11) is 0. The van der Waals surface area contributed by atoms with Crippen LogP contribution in [0.1, 0.15) is 24.8 Å². The second-order valence-corrected chi connectivity index (χ2v) is 8.15. The summed E-state index contributed by atoms with van der Waals surface area (Å²) in [6, 6.07) is 5.86. The van der Waals surface area contributed by atoms with Gasteiger partial charge in [0.25, 0.3) is 0 Å². The molecule has 6 heteroatoms. The Labute approximate surface area is 157 Å². The van der Waals surface area contributed by atoms with Gasteiger partial charge in [-0.2, -0.15) is 5.10 Å². The molecule has 0 amide bonds. The largest absolute Gasteiger partial charge is 0.358 e. The third kappa shape index (κ3) is 3.07. The molecule has 0 radical (unpaired) electrons. The fourth-order valence-corrected chi connectivity index (χ4v) is 5.18. The van der Waals surface area contributed by atoms with Gasteiger partial charge < -0.3 is 5.32 Å². The van der Waals surface area contributed by atoms with Gasteiger partial charge >= 0.3 is 0 Å². The Morgan fingerprint density at radius 3 is 2.92 bits per heavy atom. The van der Waals surface area contributed by atoms with Crippen LogP contribution in [0.5, 0.6) is 0 Å². The van der Waals surface area contributed by atoms with Crippen LogP contribution in [0.25, 0.3) is 0 Å². The topological polar surface area (TPSA) is 36.4 Å². The molecule has 2 bridgehead atoms. The first-order chi connectivity index (χ1) is 11.6. The number of halogens is 2. The summed E-state index contributed by atoms with van der Waals surface area (Å²) >= 11 is 17.3.